The molecule has 3 rings (SSSR count). The van der Waals surface area contributed by atoms with Crippen molar-refractivity contribution in [2.45, 2.75) is 0 Å². The Morgan fingerprint density at radius 1 is 1.10 bits per heavy atom. The molecule has 0 aliphatic heterocycles. The van der Waals surface area contributed by atoms with Gasteiger partial charge in [-0.25, -0.2) is 4.39 Å². The summed E-state index contributed by atoms with van der Waals surface area (Å²) in [5.41, 5.74) is 1.65. The SMILES string of the molecule is O=C(Nc1ccc2nccnc2c1)c1c(F)cccc1Cl. The van der Waals surface area contributed by atoms with Gasteiger partial charge in [0, 0.05) is 18.1 Å². The quantitative estimate of drug-likeness (QED) is 0.785. The molecule has 1 heterocycles. The maximum absolute atomic E-state index is 13.7. The molecule has 0 unspecified atom stereocenters. The van der Waals surface area contributed by atoms with E-state index in [9.17, 15) is 9.18 Å². The number of nitrogens with zero attached hydrogens (tertiary/aromatic N) is 2. The molecule has 1 amide bonds. The minimum absolute atomic E-state index is 0.0630. The first-order valence-corrected chi connectivity index (χ1v) is 6.49. The van der Waals surface area contributed by atoms with Crippen molar-refractivity contribution in [2.24, 2.45) is 0 Å². The molecule has 1 N–H and O–H groups in total. The Morgan fingerprint density at radius 3 is 2.62 bits per heavy atom. The summed E-state index contributed by atoms with van der Waals surface area (Å²) in [4.78, 5) is 20.4. The number of anilines is 1. The van der Waals surface area contributed by atoms with Crippen molar-refractivity contribution in [2.75, 3.05) is 5.32 Å². The average Bonchev–Trinajstić information content (AvgIpc) is 2.47. The normalized spacial score (nSPS) is 10.6. The lowest BCUT2D eigenvalue weighted by atomic mass is 10.2. The average molecular weight is 302 g/mol. The molecule has 0 spiro atoms. The lowest BCUT2D eigenvalue weighted by Gasteiger charge is -2.08. The minimum atomic E-state index is -0.666. The van der Waals surface area contributed by atoms with Gasteiger partial charge in [-0.3, -0.25) is 14.8 Å². The Hall–Kier alpha value is -2.53. The second kappa shape index (κ2) is 5.46. The fraction of sp³-hybridized carbons (Fsp3) is 0. The van der Waals surface area contributed by atoms with Crippen LogP contribution in [0.2, 0.25) is 5.02 Å². The number of hydrogen-bond donors (Lipinski definition) is 1. The van der Waals surface area contributed by atoms with E-state index in [0.717, 1.165) is 0 Å². The Kier molecular flexibility index (Phi) is 3.50. The van der Waals surface area contributed by atoms with Crippen LogP contribution in [0, 0.1) is 5.82 Å². The first-order valence-electron chi connectivity index (χ1n) is 6.11. The maximum Gasteiger partial charge on any atom is 0.260 e. The zero-order valence-corrected chi connectivity index (χ0v) is 11.4. The molecule has 2 aromatic carbocycles. The lowest BCUT2D eigenvalue weighted by molar-refractivity contribution is 0.102. The summed E-state index contributed by atoms with van der Waals surface area (Å²) in [6, 6.07) is 9.15. The van der Waals surface area contributed by atoms with Crippen molar-refractivity contribution in [1.82, 2.24) is 9.97 Å². The van der Waals surface area contributed by atoms with Gasteiger partial charge in [0.2, 0.25) is 0 Å². The summed E-state index contributed by atoms with van der Waals surface area (Å²) in [6.07, 6.45) is 3.14. The smallest absolute Gasteiger partial charge is 0.260 e. The lowest BCUT2D eigenvalue weighted by Crippen LogP contribution is -2.14. The summed E-state index contributed by atoms with van der Waals surface area (Å²) >= 11 is 5.86. The van der Waals surface area contributed by atoms with E-state index in [-0.39, 0.29) is 10.6 Å². The molecule has 4 nitrogen and oxygen atoms in total. The van der Waals surface area contributed by atoms with Crippen LogP contribution in [0.25, 0.3) is 11.0 Å². The van der Waals surface area contributed by atoms with E-state index in [1.165, 1.54) is 18.2 Å². The van der Waals surface area contributed by atoms with E-state index in [1.54, 1.807) is 30.6 Å². The Morgan fingerprint density at radius 2 is 1.86 bits per heavy atom. The first kappa shape index (κ1) is 13.5. The molecular formula is C15H9ClFN3O. The van der Waals surface area contributed by atoms with E-state index in [1.807, 2.05) is 0 Å². The van der Waals surface area contributed by atoms with Crippen LogP contribution in [0.5, 0.6) is 0 Å². The molecule has 104 valence electrons. The van der Waals surface area contributed by atoms with Crippen LogP contribution in [0.1, 0.15) is 10.4 Å². The van der Waals surface area contributed by atoms with Crippen molar-refractivity contribution in [3.8, 4) is 0 Å². The van der Waals surface area contributed by atoms with Crippen molar-refractivity contribution >= 4 is 34.2 Å². The molecule has 0 aliphatic carbocycles. The number of amides is 1. The van der Waals surface area contributed by atoms with Gasteiger partial charge in [-0.05, 0) is 30.3 Å². The second-order valence-corrected chi connectivity index (χ2v) is 4.72. The molecule has 0 radical (unpaired) electrons. The largest absolute Gasteiger partial charge is 0.322 e. The van der Waals surface area contributed by atoms with Gasteiger partial charge in [-0.1, -0.05) is 17.7 Å². The van der Waals surface area contributed by atoms with Gasteiger partial charge >= 0.3 is 0 Å². The molecule has 0 bridgehead atoms. The zero-order chi connectivity index (χ0) is 14.8. The van der Waals surface area contributed by atoms with Gasteiger partial charge in [0.25, 0.3) is 5.91 Å². The van der Waals surface area contributed by atoms with Crippen LogP contribution in [-0.4, -0.2) is 15.9 Å². The van der Waals surface area contributed by atoms with Crippen LogP contribution < -0.4 is 5.32 Å². The Labute approximate surface area is 124 Å². The molecule has 21 heavy (non-hydrogen) atoms. The highest BCUT2D eigenvalue weighted by Gasteiger charge is 2.15. The fourth-order valence-electron chi connectivity index (χ4n) is 1.95. The van der Waals surface area contributed by atoms with Gasteiger partial charge < -0.3 is 5.32 Å². The van der Waals surface area contributed by atoms with E-state index in [0.29, 0.717) is 16.7 Å². The van der Waals surface area contributed by atoms with Gasteiger partial charge in [0.1, 0.15) is 5.82 Å². The summed E-state index contributed by atoms with van der Waals surface area (Å²) in [5.74, 6) is -1.28. The zero-order valence-electron chi connectivity index (χ0n) is 10.7. The number of hydrogen-bond acceptors (Lipinski definition) is 3. The molecule has 1 aromatic heterocycles. The number of nitrogens with one attached hydrogen (secondary N) is 1. The number of carbonyl (C=O) groups excluding carboxylic acids is 1. The second-order valence-electron chi connectivity index (χ2n) is 4.31. The number of carbonyl (C=O) groups is 1. The van der Waals surface area contributed by atoms with Crippen LogP contribution in [0.15, 0.2) is 48.8 Å². The maximum atomic E-state index is 13.7. The highest BCUT2D eigenvalue weighted by molar-refractivity contribution is 6.34. The van der Waals surface area contributed by atoms with Gasteiger partial charge in [-0.2, -0.15) is 0 Å². The van der Waals surface area contributed by atoms with Gasteiger partial charge in [0.05, 0.1) is 21.6 Å². The van der Waals surface area contributed by atoms with Gasteiger partial charge in [-0.15, -0.1) is 0 Å². The summed E-state index contributed by atoms with van der Waals surface area (Å²) in [6.45, 7) is 0. The van der Waals surface area contributed by atoms with E-state index in [4.69, 9.17) is 11.6 Å². The molecule has 6 heteroatoms. The predicted octanol–water partition coefficient (Wildman–Crippen LogP) is 3.67. The number of benzene rings is 2. The molecule has 0 saturated heterocycles. The van der Waals surface area contributed by atoms with E-state index < -0.39 is 11.7 Å². The molecule has 0 atom stereocenters. The summed E-state index contributed by atoms with van der Waals surface area (Å²) in [5, 5.41) is 2.66. The Balaban J connectivity index is 1.93. The molecule has 0 saturated carbocycles. The summed E-state index contributed by atoms with van der Waals surface area (Å²) in [7, 11) is 0. The first-order chi connectivity index (χ1) is 10.1. The van der Waals surface area contributed by atoms with Crippen molar-refractivity contribution < 1.29 is 9.18 Å². The molecule has 0 aliphatic rings. The number of aromatic nitrogens is 2. The van der Waals surface area contributed by atoms with Gasteiger partial charge in [0.15, 0.2) is 0 Å². The molecular weight excluding hydrogens is 293 g/mol. The van der Waals surface area contributed by atoms with Crippen LogP contribution in [-0.2, 0) is 0 Å². The monoisotopic (exact) mass is 301 g/mol. The third kappa shape index (κ3) is 2.68. The van der Waals surface area contributed by atoms with Crippen molar-refractivity contribution in [1.29, 1.82) is 0 Å². The summed E-state index contributed by atoms with van der Waals surface area (Å²) < 4.78 is 13.7. The number of rotatable bonds is 2. The number of halogens is 2. The standard InChI is InChI=1S/C15H9ClFN3O/c16-10-2-1-3-11(17)14(10)15(21)20-9-4-5-12-13(8-9)19-7-6-18-12/h1-8H,(H,20,21). The van der Waals surface area contributed by atoms with E-state index in [2.05, 4.69) is 15.3 Å². The highest BCUT2D eigenvalue weighted by Crippen LogP contribution is 2.21. The van der Waals surface area contributed by atoms with Crippen molar-refractivity contribution in [3.05, 3.63) is 65.2 Å². The topological polar surface area (TPSA) is 54.9 Å². The fourth-order valence-corrected chi connectivity index (χ4v) is 2.20. The third-order valence-electron chi connectivity index (χ3n) is 2.92. The Bertz CT molecular complexity index is 818. The molecule has 3 aromatic rings. The number of fused-ring (bicyclic) bond motifs is 1. The third-order valence-corrected chi connectivity index (χ3v) is 3.23. The van der Waals surface area contributed by atoms with Crippen LogP contribution >= 0.6 is 11.6 Å². The highest BCUT2D eigenvalue weighted by atomic mass is 35.5. The van der Waals surface area contributed by atoms with Crippen LogP contribution in [0.4, 0.5) is 10.1 Å². The molecule has 0 fully saturated rings. The van der Waals surface area contributed by atoms with Crippen molar-refractivity contribution in [3.63, 3.8) is 0 Å². The van der Waals surface area contributed by atoms with Crippen LogP contribution in [0.3, 0.4) is 0 Å². The minimum Gasteiger partial charge on any atom is -0.322 e. The van der Waals surface area contributed by atoms with E-state index >= 15 is 0 Å². The predicted molar refractivity (Wildman–Crippen MR) is 78.9 cm³/mol.